The molecule has 1 heterocycles. The second kappa shape index (κ2) is 5.67. The Kier molecular flexibility index (Phi) is 3.98. The van der Waals surface area contributed by atoms with Crippen molar-refractivity contribution in [2.75, 3.05) is 0 Å². The number of aromatic nitrogens is 1. The Morgan fingerprint density at radius 2 is 2.35 bits per heavy atom. The Hall–Kier alpha value is -1.56. The quantitative estimate of drug-likeness (QED) is 0.800. The van der Waals surface area contributed by atoms with E-state index in [0.29, 0.717) is 17.5 Å². The Bertz CT molecular complexity index is 394. The molecule has 0 saturated heterocycles. The van der Waals surface area contributed by atoms with E-state index in [-0.39, 0.29) is 0 Å². The van der Waals surface area contributed by atoms with E-state index < -0.39 is 0 Å². The first-order valence-electron chi connectivity index (χ1n) is 6.34. The summed E-state index contributed by atoms with van der Waals surface area (Å²) in [6.07, 6.45) is 7.94. The van der Waals surface area contributed by atoms with Crippen LogP contribution < -0.4 is 4.74 Å². The lowest BCUT2D eigenvalue weighted by Crippen LogP contribution is -2.25. The second-order valence-corrected chi connectivity index (χ2v) is 4.68. The zero-order chi connectivity index (χ0) is 12.1. The van der Waals surface area contributed by atoms with Gasteiger partial charge in [0.1, 0.15) is 12.2 Å². The molecule has 0 N–H and O–H groups in total. The molecule has 1 aliphatic carbocycles. The average Bonchev–Trinajstić information content (AvgIpc) is 2.40. The average molecular weight is 230 g/mol. The van der Waals surface area contributed by atoms with Crippen molar-refractivity contribution in [3.05, 3.63) is 23.9 Å². The maximum Gasteiger partial charge on any atom is 0.213 e. The van der Waals surface area contributed by atoms with Crippen LogP contribution >= 0.6 is 0 Å². The summed E-state index contributed by atoms with van der Waals surface area (Å²) in [5, 5.41) is 8.69. The van der Waals surface area contributed by atoms with Gasteiger partial charge in [-0.1, -0.05) is 19.8 Å². The molecule has 0 bridgehead atoms. The molecule has 1 aromatic rings. The van der Waals surface area contributed by atoms with Crippen LogP contribution in [0.5, 0.6) is 5.88 Å². The molecule has 1 aromatic heterocycles. The minimum atomic E-state index is 0.300. The van der Waals surface area contributed by atoms with Gasteiger partial charge >= 0.3 is 0 Å². The largest absolute Gasteiger partial charge is 0.474 e. The topological polar surface area (TPSA) is 45.9 Å². The molecule has 17 heavy (non-hydrogen) atoms. The molecule has 3 nitrogen and oxygen atoms in total. The van der Waals surface area contributed by atoms with Gasteiger partial charge in [0.05, 0.1) is 5.56 Å². The number of hydrogen-bond acceptors (Lipinski definition) is 3. The van der Waals surface area contributed by atoms with Gasteiger partial charge < -0.3 is 4.74 Å². The van der Waals surface area contributed by atoms with Crippen LogP contribution in [0, 0.1) is 17.2 Å². The van der Waals surface area contributed by atoms with Gasteiger partial charge in [-0.25, -0.2) is 4.98 Å². The van der Waals surface area contributed by atoms with Gasteiger partial charge in [0.2, 0.25) is 5.88 Å². The maximum absolute atomic E-state index is 8.69. The fourth-order valence-corrected chi connectivity index (χ4v) is 2.41. The minimum absolute atomic E-state index is 0.300. The monoisotopic (exact) mass is 230 g/mol. The van der Waals surface area contributed by atoms with E-state index in [9.17, 15) is 0 Å². The number of hydrogen-bond donors (Lipinski definition) is 0. The van der Waals surface area contributed by atoms with Crippen molar-refractivity contribution in [2.45, 2.75) is 45.1 Å². The molecular weight excluding hydrogens is 212 g/mol. The highest BCUT2D eigenvalue weighted by Crippen LogP contribution is 2.28. The number of nitrogens with zero attached hydrogens (tertiary/aromatic N) is 2. The van der Waals surface area contributed by atoms with Crippen LogP contribution in [0.15, 0.2) is 18.3 Å². The predicted octanol–water partition coefficient (Wildman–Crippen LogP) is 3.30. The van der Waals surface area contributed by atoms with Gasteiger partial charge in [0.15, 0.2) is 0 Å². The molecule has 2 atom stereocenters. The lowest BCUT2D eigenvalue weighted by Gasteiger charge is -2.28. The molecule has 2 unspecified atom stereocenters. The fraction of sp³-hybridized carbons (Fsp3) is 0.571. The summed E-state index contributed by atoms with van der Waals surface area (Å²) >= 11 is 0. The maximum atomic E-state index is 8.69. The van der Waals surface area contributed by atoms with Crippen molar-refractivity contribution in [3.63, 3.8) is 0 Å². The standard InChI is InChI=1S/C14H18N2O/c1-2-11-4-3-5-13(8-11)17-14-7-6-12(9-15)10-16-14/h6-7,10-11,13H,2-5,8H2,1H3. The van der Waals surface area contributed by atoms with Gasteiger partial charge in [-0.15, -0.1) is 0 Å². The Morgan fingerprint density at radius 1 is 1.47 bits per heavy atom. The molecule has 0 spiro atoms. The normalized spacial score (nSPS) is 24.0. The second-order valence-electron chi connectivity index (χ2n) is 4.68. The first kappa shape index (κ1) is 11.9. The Balaban J connectivity index is 1.93. The van der Waals surface area contributed by atoms with Crippen LogP contribution in [0.3, 0.4) is 0 Å². The lowest BCUT2D eigenvalue weighted by molar-refractivity contribution is 0.117. The molecule has 3 heteroatoms. The third-order valence-electron chi connectivity index (χ3n) is 3.46. The van der Waals surface area contributed by atoms with Crippen molar-refractivity contribution in [2.24, 2.45) is 5.92 Å². The number of nitriles is 1. The first-order valence-corrected chi connectivity index (χ1v) is 6.34. The van der Waals surface area contributed by atoms with Crippen molar-refractivity contribution in [1.82, 2.24) is 4.98 Å². The van der Waals surface area contributed by atoms with E-state index in [1.807, 2.05) is 0 Å². The number of rotatable bonds is 3. The molecule has 0 radical (unpaired) electrons. The van der Waals surface area contributed by atoms with Gasteiger partial charge in [0.25, 0.3) is 0 Å². The van der Waals surface area contributed by atoms with Crippen LogP contribution in [0.4, 0.5) is 0 Å². The zero-order valence-electron chi connectivity index (χ0n) is 10.2. The molecule has 1 saturated carbocycles. The zero-order valence-corrected chi connectivity index (χ0v) is 10.2. The summed E-state index contributed by atoms with van der Waals surface area (Å²) in [5.74, 6) is 1.44. The summed E-state index contributed by atoms with van der Waals surface area (Å²) in [4.78, 5) is 4.15. The highest BCUT2D eigenvalue weighted by atomic mass is 16.5. The minimum Gasteiger partial charge on any atom is -0.474 e. The highest BCUT2D eigenvalue weighted by Gasteiger charge is 2.22. The van der Waals surface area contributed by atoms with Gasteiger partial charge in [-0.2, -0.15) is 5.26 Å². The van der Waals surface area contributed by atoms with Gasteiger partial charge in [0, 0.05) is 12.3 Å². The van der Waals surface area contributed by atoms with E-state index in [2.05, 4.69) is 18.0 Å². The SMILES string of the molecule is CCC1CCCC(Oc2ccc(C#N)cn2)C1. The van der Waals surface area contributed by atoms with Crippen molar-refractivity contribution < 1.29 is 4.74 Å². The van der Waals surface area contributed by atoms with E-state index in [1.54, 1.807) is 18.3 Å². The lowest BCUT2D eigenvalue weighted by atomic mass is 9.85. The summed E-state index contributed by atoms with van der Waals surface area (Å²) in [5.41, 5.74) is 0.576. The molecule has 0 amide bonds. The smallest absolute Gasteiger partial charge is 0.213 e. The summed E-state index contributed by atoms with van der Waals surface area (Å²) in [6.45, 7) is 2.24. The number of pyridine rings is 1. The summed E-state index contributed by atoms with van der Waals surface area (Å²) in [6, 6.07) is 5.59. The molecule has 2 rings (SSSR count). The van der Waals surface area contributed by atoms with Crippen LogP contribution in [-0.2, 0) is 0 Å². The summed E-state index contributed by atoms with van der Waals surface area (Å²) in [7, 11) is 0. The fourth-order valence-electron chi connectivity index (χ4n) is 2.41. The van der Waals surface area contributed by atoms with Gasteiger partial charge in [-0.3, -0.25) is 0 Å². The van der Waals surface area contributed by atoms with Crippen LogP contribution in [-0.4, -0.2) is 11.1 Å². The van der Waals surface area contributed by atoms with Crippen molar-refractivity contribution in [1.29, 1.82) is 5.26 Å². The van der Waals surface area contributed by atoms with E-state index in [4.69, 9.17) is 10.00 Å². The van der Waals surface area contributed by atoms with Crippen LogP contribution in [0.1, 0.15) is 44.6 Å². The third-order valence-corrected chi connectivity index (χ3v) is 3.46. The van der Waals surface area contributed by atoms with E-state index in [0.717, 1.165) is 18.8 Å². The Morgan fingerprint density at radius 3 is 3.00 bits per heavy atom. The first-order chi connectivity index (χ1) is 8.31. The molecule has 0 aromatic carbocycles. The molecule has 1 aliphatic rings. The third kappa shape index (κ3) is 3.20. The predicted molar refractivity (Wildman–Crippen MR) is 65.6 cm³/mol. The van der Waals surface area contributed by atoms with E-state index >= 15 is 0 Å². The van der Waals surface area contributed by atoms with Crippen LogP contribution in [0.2, 0.25) is 0 Å². The summed E-state index contributed by atoms with van der Waals surface area (Å²) < 4.78 is 5.87. The van der Waals surface area contributed by atoms with Crippen molar-refractivity contribution >= 4 is 0 Å². The van der Waals surface area contributed by atoms with Gasteiger partial charge in [-0.05, 0) is 31.2 Å². The van der Waals surface area contributed by atoms with E-state index in [1.165, 1.54) is 19.3 Å². The van der Waals surface area contributed by atoms with Crippen LogP contribution in [0.25, 0.3) is 0 Å². The Labute approximate surface area is 102 Å². The molecule has 1 fully saturated rings. The molecule has 0 aliphatic heterocycles. The number of ether oxygens (including phenoxy) is 1. The highest BCUT2D eigenvalue weighted by molar-refractivity contribution is 5.28. The van der Waals surface area contributed by atoms with Crippen molar-refractivity contribution in [3.8, 4) is 11.9 Å². The molecular formula is C14H18N2O. The molecule has 90 valence electrons.